The van der Waals surface area contributed by atoms with Crippen molar-refractivity contribution >= 4 is 22.6 Å². The number of aromatic amines is 1. The lowest BCUT2D eigenvalue weighted by Crippen LogP contribution is -2.68. The molecule has 6 fully saturated rings. The molecule has 11 rings (SSSR count). The number of benzene rings is 1. The number of Topliss-reactive ketones (excluding diaryl/α,β-unsaturated/α-hetero) is 2. The third kappa shape index (κ3) is 7.89. The van der Waals surface area contributed by atoms with Crippen molar-refractivity contribution in [2.24, 2.45) is 50.7 Å². The second kappa shape index (κ2) is 18.0. The first kappa shape index (κ1) is 50.1. The Morgan fingerprint density at radius 1 is 0.887 bits per heavy atom. The molecule has 8 aliphatic rings. The molecule has 13 unspecified atom stereocenters. The van der Waals surface area contributed by atoms with Gasteiger partial charge < -0.3 is 39.9 Å². The van der Waals surface area contributed by atoms with E-state index in [2.05, 4.69) is 92.4 Å². The van der Waals surface area contributed by atoms with Crippen molar-refractivity contribution in [1.82, 2.24) is 20.2 Å². The highest BCUT2D eigenvalue weighted by molar-refractivity contribution is 6.02. The topological polar surface area (TPSA) is 141 Å². The number of allylic oxidation sites excluding steroid dienone is 1. The molecule has 2 aromatic heterocycles. The molecule has 13 atom stereocenters. The van der Waals surface area contributed by atoms with Crippen LogP contribution in [0.5, 0.6) is 0 Å². The van der Waals surface area contributed by atoms with Crippen LogP contribution in [0.3, 0.4) is 0 Å². The Morgan fingerprint density at radius 2 is 1.63 bits per heavy atom. The van der Waals surface area contributed by atoms with Gasteiger partial charge in [0.25, 0.3) is 0 Å². The fraction of sp³-hybridized carbons (Fsp3) is 0.738. The zero-order chi connectivity index (χ0) is 50.0. The number of carbonyl (C=O) groups excluding carboxylic acids is 2. The molecular weight excluding hydrogens is 885 g/mol. The Hall–Kier alpha value is -3.12. The van der Waals surface area contributed by atoms with Gasteiger partial charge in [0.15, 0.2) is 5.78 Å². The minimum Gasteiger partial charge on any atom is -0.392 e. The van der Waals surface area contributed by atoms with Crippen molar-refractivity contribution in [2.45, 2.75) is 193 Å². The number of carbonyl (C=O) groups is 2. The molecule has 5 aliphatic carbocycles. The first-order valence-corrected chi connectivity index (χ1v) is 28.3. The zero-order valence-electron chi connectivity index (χ0n) is 44.9. The van der Waals surface area contributed by atoms with Crippen molar-refractivity contribution in [1.29, 1.82) is 0 Å². The van der Waals surface area contributed by atoms with Crippen molar-refractivity contribution in [3.05, 3.63) is 69.6 Å². The number of aliphatic hydroxyl groups excluding tert-OH is 2. The summed E-state index contributed by atoms with van der Waals surface area (Å²) in [7, 11) is 4.08. The Kier molecular flexibility index (Phi) is 12.7. The second-order valence-electron chi connectivity index (χ2n) is 26.6. The van der Waals surface area contributed by atoms with Crippen molar-refractivity contribution in [2.75, 3.05) is 40.4 Å². The van der Waals surface area contributed by atoms with Gasteiger partial charge in [-0.05, 0) is 191 Å². The number of hydrogen-bond donors (Lipinski definition) is 5. The summed E-state index contributed by atoms with van der Waals surface area (Å²) in [6.07, 6.45) is 17.0. The number of epoxide rings is 1. The van der Waals surface area contributed by atoms with Gasteiger partial charge in [-0.2, -0.15) is 0 Å². The molecule has 2 saturated heterocycles. The molecule has 0 bridgehead atoms. The van der Waals surface area contributed by atoms with Crippen LogP contribution in [0.15, 0.2) is 41.7 Å². The number of H-pyrrole nitrogens is 1. The van der Waals surface area contributed by atoms with Crippen molar-refractivity contribution in [3.8, 4) is 0 Å². The number of fused-ring (bicyclic) bond motifs is 4. The molecule has 71 heavy (non-hydrogen) atoms. The van der Waals surface area contributed by atoms with Crippen LogP contribution < -0.4 is 10.6 Å². The van der Waals surface area contributed by atoms with E-state index < -0.39 is 34.1 Å². The summed E-state index contributed by atoms with van der Waals surface area (Å²) >= 11 is 0. The Bertz CT molecular complexity index is 2580. The maximum absolute atomic E-state index is 15.5. The number of nitrogens with one attached hydrogen (secondary N) is 3. The molecular formula is C61H88N4O6. The van der Waals surface area contributed by atoms with Crippen LogP contribution in [0.1, 0.15) is 178 Å². The number of aryl methyl sites for hydroxylation is 1. The number of ether oxygens (including phenoxy) is 2. The molecule has 0 radical (unpaired) electrons. The second-order valence-corrected chi connectivity index (χ2v) is 26.6. The first-order chi connectivity index (χ1) is 33.8. The quantitative estimate of drug-likeness (QED) is 0.113. The number of aromatic nitrogens is 2. The highest BCUT2D eigenvalue weighted by atomic mass is 16.6. The van der Waals surface area contributed by atoms with E-state index in [1.54, 1.807) is 0 Å². The molecule has 5 heterocycles. The monoisotopic (exact) mass is 973 g/mol. The molecule has 5 N–H and O–H groups in total. The van der Waals surface area contributed by atoms with Crippen LogP contribution in [0.4, 0.5) is 0 Å². The highest BCUT2D eigenvalue weighted by Crippen LogP contribution is 2.76. The average molecular weight is 973 g/mol. The molecule has 0 spiro atoms. The van der Waals surface area contributed by atoms with E-state index >= 15 is 4.79 Å². The molecule has 4 saturated carbocycles. The zero-order valence-corrected chi connectivity index (χ0v) is 44.9. The average Bonchev–Trinajstić information content (AvgIpc) is 3.57. The lowest BCUT2D eigenvalue weighted by molar-refractivity contribution is -0.222. The lowest BCUT2D eigenvalue weighted by Gasteiger charge is -2.70. The number of ketones is 2. The van der Waals surface area contributed by atoms with Gasteiger partial charge in [0, 0.05) is 73.7 Å². The number of nitrogens with zero attached hydrogens (tertiary/aromatic N) is 1. The molecule has 3 aromatic rings. The van der Waals surface area contributed by atoms with Crippen molar-refractivity contribution in [3.63, 3.8) is 0 Å². The summed E-state index contributed by atoms with van der Waals surface area (Å²) in [5.41, 5.74) is 8.52. The molecule has 388 valence electrons. The summed E-state index contributed by atoms with van der Waals surface area (Å²) in [5.74, 6) is 1.92. The van der Waals surface area contributed by atoms with Gasteiger partial charge >= 0.3 is 0 Å². The van der Waals surface area contributed by atoms with Gasteiger partial charge in [0.1, 0.15) is 11.9 Å². The minimum atomic E-state index is -0.735. The predicted molar refractivity (Wildman–Crippen MR) is 281 cm³/mol. The van der Waals surface area contributed by atoms with E-state index in [0.29, 0.717) is 55.8 Å². The summed E-state index contributed by atoms with van der Waals surface area (Å²) in [6, 6.07) is 7.62. The van der Waals surface area contributed by atoms with Crippen LogP contribution in [0, 0.1) is 50.7 Å². The third-order valence-electron chi connectivity index (χ3n) is 22.2. The van der Waals surface area contributed by atoms with Gasteiger partial charge in [0.2, 0.25) is 0 Å². The van der Waals surface area contributed by atoms with E-state index in [9.17, 15) is 15.0 Å². The molecule has 1 aromatic carbocycles. The van der Waals surface area contributed by atoms with Crippen LogP contribution in [-0.2, 0) is 38.4 Å². The van der Waals surface area contributed by atoms with E-state index in [1.165, 1.54) is 64.5 Å². The first-order valence-electron chi connectivity index (χ1n) is 28.3. The Labute approximate surface area is 424 Å². The summed E-state index contributed by atoms with van der Waals surface area (Å²) < 4.78 is 14.5. The fourth-order valence-electron chi connectivity index (χ4n) is 18.4. The number of rotatable bonds is 12. The summed E-state index contributed by atoms with van der Waals surface area (Å²) in [6.45, 7) is 19.8. The maximum Gasteiger partial charge on any atom is 0.160 e. The normalized spacial score (nSPS) is 39.6. The lowest BCUT2D eigenvalue weighted by atomic mass is 9.34. The van der Waals surface area contributed by atoms with E-state index in [4.69, 9.17) is 9.47 Å². The third-order valence-corrected chi connectivity index (χ3v) is 22.2. The SMILES string of the molecule is CNCCC1(C)C(=O)CCC2(C)C1CCC1(C)C2C(O)C2Cn3cc(Cc4cc(C5CCOCC5)cc(C5CCCCC5CNC)c4)c4[nH]cc(c43)CCC(C)(CC(O)C3OC3(C)C)C3=C2C1(C)CC3=O. The summed E-state index contributed by atoms with van der Waals surface area (Å²) in [5, 5.41) is 32.8. The van der Waals surface area contributed by atoms with Crippen LogP contribution >= 0.6 is 0 Å². The van der Waals surface area contributed by atoms with Gasteiger partial charge in [0.05, 0.1) is 28.8 Å². The van der Waals surface area contributed by atoms with Crippen LogP contribution in [-0.4, -0.2) is 95.6 Å². The van der Waals surface area contributed by atoms with Gasteiger partial charge in [-0.25, -0.2) is 0 Å². The molecule has 10 heteroatoms. The van der Waals surface area contributed by atoms with Crippen molar-refractivity contribution < 1.29 is 29.3 Å². The van der Waals surface area contributed by atoms with E-state index in [-0.39, 0.29) is 40.5 Å². The van der Waals surface area contributed by atoms with E-state index in [1.807, 2.05) is 20.9 Å². The Balaban J connectivity index is 1.05. The summed E-state index contributed by atoms with van der Waals surface area (Å²) in [4.78, 5) is 33.5. The van der Waals surface area contributed by atoms with Gasteiger partial charge in [-0.3, -0.25) is 9.59 Å². The molecule has 0 amide bonds. The number of hydrogen-bond acceptors (Lipinski definition) is 8. The number of aliphatic hydroxyl groups is 2. The van der Waals surface area contributed by atoms with E-state index in [0.717, 1.165) is 88.8 Å². The minimum absolute atomic E-state index is 0.115. The maximum atomic E-state index is 15.5. The standard InChI is InChI=1S/C61H88N4O6/c1-56(2)55(71-56)46(67)30-57(3)19-14-39-33-64-51-42(28-36-26-40(37-17-24-70-25-18-37)29-41(27-36)43-13-11-10-12-38(43)32-63-9)34-65(52(39)51)35-44-49-50(57)45(66)31-61(49,7)60(6)21-15-47-58(4,22-23-62-8)48(68)16-20-59(47,5)54(60)53(44)69/h26-27,29,33-34,37-38,43-44,46-47,53-55,62-64,67,69H,10-25,28,30-32,35H2,1-9H3. The molecule has 10 nitrogen and oxygen atoms in total. The smallest absolute Gasteiger partial charge is 0.160 e. The largest absolute Gasteiger partial charge is 0.392 e. The van der Waals surface area contributed by atoms with Crippen LogP contribution in [0.25, 0.3) is 11.0 Å². The fourth-order valence-corrected chi connectivity index (χ4v) is 18.4. The Morgan fingerprint density at radius 3 is 2.37 bits per heavy atom. The van der Waals surface area contributed by atoms with Gasteiger partial charge in [-0.1, -0.05) is 65.7 Å². The predicted octanol–water partition coefficient (Wildman–Crippen LogP) is 10.1. The molecule has 3 aliphatic heterocycles. The highest BCUT2D eigenvalue weighted by Gasteiger charge is 2.73. The van der Waals surface area contributed by atoms with Gasteiger partial charge in [-0.15, -0.1) is 0 Å². The van der Waals surface area contributed by atoms with Crippen LogP contribution in [0.2, 0.25) is 0 Å².